The first kappa shape index (κ1) is 42.8. The number of rotatable bonds is 33. The first-order valence-electron chi connectivity index (χ1n) is 18.8. The number of carbonyl (C=O) groups is 3. The van der Waals surface area contributed by atoms with E-state index in [2.05, 4.69) is 13.8 Å². The zero-order valence-electron chi connectivity index (χ0n) is 29.9. The van der Waals surface area contributed by atoms with Crippen LogP contribution < -0.4 is 0 Å². The summed E-state index contributed by atoms with van der Waals surface area (Å²) < 4.78 is 27.9. The summed E-state index contributed by atoms with van der Waals surface area (Å²) in [5.74, 6) is -0.397. The molecule has 1 fully saturated rings. The summed E-state index contributed by atoms with van der Waals surface area (Å²) in [4.78, 5) is 36.2. The van der Waals surface area contributed by atoms with E-state index in [4.69, 9.17) is 23.5 Å². The Morgan fingerprint density at radius 1 is 0.500 bits per heavy atom. The molecule has 270 valence electrons. The second-order valence-electron chi connectivity index (χ2n) is 13.3. The van der Waals surface area contributed by atoms with Crippen LogP contribution in [0.3, 0.4) is 0 Å². The van der Waals surface area contributed by atoms with Gasteiger partial charge in [0.1, 0.15) is 0 Å². The average Bonchev–Trinajstić information content (AvgIpc) is 3.02. The smallest absolute Gasteiger partial charge is 0.305 e. The molecule has 0 radical (unpaired) electrons. The molecule has 8 nitrogen and oxygen atoms in total. The molecule has 0 aromatic heterocycles. The fourth-order valence-corrected chi connectivity index (χ4v) is 8.06. The standard InChI is InChI=1S/C37H69O8P/c1-4-6-8-10-12-14-21-27-42-34(38)24-18-16-19-26-36(40)44-31-37(30-41-3)32-46(33-37)45-29-23-17-20-25-35(39)43-28-22-15-13-11-9-7-5-2/h4-33H2,1-3H3. The molecule has 1 aliphatic rings. The van der Waals surface area contributed by atoms with Gasteiger partial charge in [0, 0.05) is 52.3 Å². The van der Waals surface area contributed by atoms with Gasteiger partial charge in [0.25, 0.3) is 0 Å². The lowest BCUT2D eigenvalue weighted by molar-refractivity contribution is -0.148. The van der Waals surface area contributed by atoms with Crippen LogP contribution in [0.5, 0.6) is 0 Å². The van der Waals surface area contributed by atoms with Gasteiger partial charge in [0.2, 0.25) is 0 Å². The largest absolute Gasteiger partial charge is 0.466 e. The predicted molar refractivity (Wildman–Crippen MR) is 187 cm³/mol. The van der Waals surface area contributed by atoms with Crippen molar-refractivity contribution >= 4 is 26.1 Å². The van der Waals surface area contributed by atoms with Crippen LogP contribution in [0.25, 0.3) is 0 Å². The zero-order chi connectivity index (χ0) is 33.6. The second kappa shape index (κ2) is 29.9. The molecule has 0 amide bonds. The molecule has 0 aliphatic carbocycles. The molecule has 0 saturated carbocycles. The highest BCUT2D eigenvalue weighted by Crippen LogP contribution is 2.57. The van der Waals surface area contributed by atoms with Crippen molar-refractivity contribution in [2.75, 3.05) is 52.5 Å². The van der Waals surface area contributed by atoms with Gasteiger partial charge in [-0.25, -0.2) is 0 Å². The minimum absolute atomic E-state index is 0.0804. The monoisotopic (exact) mass is 672 g/mol. The van der Waals surface area contributed by atoms with Crippen LogP contribution in [-0.4, -0.2) is 70.4 Å². The SMILES string of the molecule is CCCCCCCCCOC(=O)CCCCCOP1CC(COC)(COC(=O)CCCCCC(=O)OCCCCCCCCC)C1. The normalized spacial score (nSPS) is 17.4. The molecule has 0 N–H and O–H groups in total. The number of methoxy groups -OCH3 is 1. The van der Waals surface area contributed by atoms with Gasteiger partial charge in [0.05, 0.1) is 33.0 Å². The van der Waals surface area contributed by atoms with Crippen molar-refractivity contribution in [1.82, 2.24) is 0 Å². The Balaban J connectivity index is 1.99. The molecule has 1 saturated heterocycles. The van der Waals surface area contributed by atoms with E-state index in [0.29, 0.717) is 58.7 Å². The lowest BCUT2D eigenvalue weighted by Gasteiger charge is -2.46. The van der Waals surface area contributed by atoms with Gasteiger partial charge in [-0.1, -0.05) is 104 Å². The topological polar surface area (TPSA) is 97.4 Å². The first-order valence-corrected chi connectivity index (χ1v) is 20.4. The first-order chi connectivity index (χ1) is 22.4. The van der Waals surface area contributed by atoms with Crippen molar-refractivity contribution in [3.63, 3.8) is 0 Å². The third-order valence-electron chi connectivity index (χ3n) is 8.60. The van der Waals surface area contributed by atoms with Crippen LogP contribution >= 0.6 is 8.15 Å². The molecule has 1 rings (SSSR count). The highest BCUT2D eigenvalue weighted by atomic mass is 31.1. The number of ether oxygens (including phenoxy) is 4. The highest BCUT2D eigenvalue weighted by molar-refractivity contribution is 7.54. The van der Waals surface area contributed by atoms with Crippen LogP contribution in [0, 0.1) is 5.41 Å². The van der Waals surface area contributed by atoms with Gasteiger partial charge in [-0.05, 0) is 38.5 Å². The molecule has 0 bridgehead atoms. The van der Waals surface area contributed by atoms with Crippen molar-refractivity contribution in [2.24, 2.45) is 5.41 Å². The van der Waals surface area contributed by atoms with Gasteiger partial charge in [-0.3, -0.25) is 14.4 Å². The summed E-state index contributed by atoms with van der Waals surface area (Å²) in [6.45, 7) is 7.15. The Hall–Kier alpha value is -1.24. The third kappa shape index (κ3) is 24.0. The van der Waals surface area contributed by atoms with Gasteiger partial charge in [-0.2, -0.15) is 0 Å². The number of unbranched alkanes of at least 4 members (excludes halogenated alkanes) is 16. The lowest BCUT2D eigenvalue weighted by Crippen LogP contribution is -2.46. The summed E-state index contributed by atoms with van der Waals surface area (Å²) >= 11 is 0. The van der Waals surface area contributed by atoms with E-state index >= 15 is 0 Å². The molecule has 0 atom stereocenters. The van der Waals surface area contributed by atoms with Crippen LogP contribution in [-0.2, 0) is 37.9 Å². The maximum atomic E-state index is 12.3. The maximum Gasteiger partial charge on any atom is 0.305 e. The fraction of sp³-hybridized carbons (Fsp3) is 0.919. The molecular formula is C37H69O8P. The zero-order valence-corrected chi connectivity index (χ0v) is 30.8. The number of hydrogen-bond donors (Lipinski definition) is 0. The van der Waals surface area contributed by atoms with Crippen molar-refractivity contribution in [3.05, 3.63) is 0 Å². The number of esters is 3. The van der Waals surface area contributed by atoms with Crippen molar-refractivity contribution in [1.29, 1.82) is 0 Å². The van der Waals surface area contributed by atoms with Gasteiger partial charge >= 0.3 is 17.9 Å². The van der Waals surface area contributed by atoms with E-state index < -0.39 is 8.15 Å². The Morgan fingerprint density at radius 3 is 1.37 bits per heavy atom. The summed E-state index contributed by atoms with van der Waals surface area (Å²) in [6, 6.07) is 0. The molecule has 1 heterocycles. The average molecular weight is 673 g/mol. The molecule has 0 aromatic carbocycles. The highest BCUT2D eigenvalue weighted by Gasteiger charge is 2.46. The fourth-order valence-electron chi connectivity index (χ4n) is 5.72. The number of carbonyl (C=O) groups excluding carboxylic acids is 3. The quantitative estimate of drug-likeness (QED) is 0.0294. The predicted octanol–water partition coefficient (Wildman–Crippen LogP) is 9.69. The minimum Gasteiger partial charge on any atom is -0.466 e. The Morgan fingerprint density at radius 2 is 0.891 bits per heavy atom. The minimum atomic E-state index is -0.518. The molecule has 46 heavy (non-hydrogen) atoms. The Bertz CT molecular complexity index is 756. The van der Waals surface area contributed by atoms with E-state index in [-0.39, 0.29) is 23.3 Å². The maximum absolute atomic E-state index is 12.3. The van der Waals surface area contributed by atoms with E-state index in [1.807, 2.05) is 0 Å². The van der Waals surface area contributed by atoms with E-state index in [1.165, 1.54) is 64.2 Å². The summed E-state index contributed by atoms with van der Waals surface area (Å²) in [7, 11) is 1.17. The van der Waals surface area contributed by atoms with Crippen molar-refractivity contribution < 1.29 is 37.9 Å². The Kier molecular flexibility index (Phi) is 27.8. The molecule has 0 spiro atoms. The molecular weight excluding hydrogens is 603 g/mol. The summed E-state index contributed by atoms with van der Waals surface area (Å²) in [6.07, 6.45) is 25.0. The van der Waals surface area contributed by atoms with Crippen LogP contribution in [0.4, 0.5) is 0 Å². The third-order valence-corrected chi connectivity index (χ3v) is 11.2. The van der Waals surface area contributed by atoms with Crippen LogP contribution in [0.1, 0.15) is 162 Å². The van der Waals surface area contributed by atoms with Gasteiger partial charge in [0.15, 0.2) is 0 Å². The number of hydrogen-bond acceptors (Lipinski definition) is 8. The Labute approximate surface area is 283 Å². The van der Waals surface area contributed by atoms with E-state index in [1.54, 1.807) is 7.11 Å². The van der Waals surface area contributed by atoms with Crippen molar-refractivity contribution in [2.45, 2.75) is 162 Å². The molecule has 0 unspecified atom stereocenters. The van der Waals surface area contributed by atoms with Crippen LogP contribution in [0.15, 0.2) is 0 Å². The van der Waals surface area contributed by atoms with Gasteiger partial charge < -0.3 is 23.5 Å². The van der Waals surface area contributed by atoms with E-state index in [9.17, 15) is 14.4 Å². The second-order valence-corrected chi connectivity index (χ2v) is 15.1. The molecule has 9 heteroatoms. The lowest BCUT2D eigenvalue weighted by atomic mass is 9.94. The summed E-state index contributed by atoms with van der Waals surface area (Å²) in [5.41, 5.74) is -0.144. The van der Waals surface area contributed by atoms with Gasteiger partial charge in [-0.15, -0.1) is 0 Å². The van der Waals surface area contributed by atoms with E-state index in [0.717, 1.165) is 70.1 Å². The van der Waals surface area contributed by atoms with Crippen LogP contribution in [0.2, 0.25) is 0 Å². The summed E-state index contributed by atoms with van der Waals surface area (Å²) in [5, 5.41) is 0. The van der Waals surface area contributed by atoms with Crippen molar-refractivity contribution in [3.8, 4) is 0 Å². The molecule has 1 aliphatic heterocycles. The molecule has 0 aromatic rings.